The predicted octanol–water partition coefficient (Wildman–Crippen LogP) is 5.33. The van der Waals surface area contributed by atoms with Crippen molar-refractivity contribution < 1.29 is 28.2 Å². The molecule has 0 spiro atoms. The zero-order chi connectivity index (χ0) is 27.8. The van der Waals surface area contributed by atoms with E-state index in [-0.39, 0.29) is 34.7 Å². The lowest BCUT2D eigenvalue weighted by molar-refractivity contribution is -0.0591. The Labute approximate surface area is 233 Å². The highest BCUT2D eigenvalue weighted by atomic mass is 35.5. The predicted molar refractivity (Wildman–Crippen MR) is 144 cm³/mol. The minimum absolute atomic E-state index is 0.0333. The van der Waals surface area contributed by atoms with Crippen LogP contribution in [0.25, 0.3) is 16.6 Å². The Morgan fingerprint density at radius 2 is 1.98 bits per heavy atom. The molecule has 1 N–H and O–H groups in total. The summed E-state index contributed by atoms with van der Waals surface area (Å²) >= 11 is 5.79. The average molecular weight is 567 g/mol. The number of nitrogens with zero attached hydrogens (tertiary/aromatic N) is 4. The molecule has 0 saturated carbocycles. The molecule has 2 aromatic carbocycles. The number of hydrogen-bond acceptors (Lipinski definition) is 6. The van der Waals surface area contributed by atoms with Gasteiger partial charge < -0.3 is 19.1 Å². The molecule has 4 aromatic rings. The van der Waals surface area contributed by atoms with Crippen molar-refractivity contribution in [3.05, 3.63) is 94.0 Å². The van der Waals surface area contributed by atoms with E-state index in [4.69, 9.17) is 26.1 Å². The van der Waals surface area contributed by atoms with Crippen molar-refractivity contribution in [2.75, 3.05) is 19.7 Å². The second kappa shape index (κ2) is 11.0. The highest BCUT2D eigenvalue weighted by Gasteiger charge is 2.25. The number of pyridine rings is 1. The number of fused-ring (bicyclic) bond motifs is 1. The molecule has 4 heterocycles. The molecule has 0 unspecified atom stereocenters. The molecule has 1 fully saturated rings. The molecule has 8 nitrogen and oxygen atoms in total. The summed E-state index contributed by atoms with van der Waals surface area (Å²) in [5.41, 5.74) is 3.07. The van der Waals surface area contributed by atoms with Crippen LogP contribution < -0.4 is 4.74 Å². The van der Waals surface area contributed by atoms with Gasteiger partial charge in [-0.3, -0.25) is 4.90 Å². The van der Waals surface area contributed by atoms with Gasteiger partial charge in [0.05, 0.1) is 41.5 Å². The molecule has 2 aromatic heterocycles. The first-order valence-corrected chi connectivity index (χ1v) is 13.2. The molecule has 2 aliphatic rings. The standard InChI is InChI=1S/C29H25ClF2N4O4/c30-19-2-6-26(23(32)12-19)40-16-20-3-4-22(31)28(33-20)18-7-9-35(13-18)15-27-34-24-5-1-17(29(37)38)11-25(24)36(27)14-21-8-10-39-21/h1-7,11-12,21H,8-10,13-16H2,(H,37,38)/t21-/m0/s1. The Balaban J connectivity index is 1.18. The Bertz CT molecular complexity index is 1640. The largest absolute Gasteiger partial charge is 0.484 e. The fraction of sp³-hybridized carbons (Fsp3) is 0.276. The average Bonchev–Trinajstić information content (AvgIpc) is 3.50. The second-order valence-corrected chi connectivity index (χ2v) is 10.3. The molecule has 0 radical (unpaired) electrons. The van der Waals surface area contributed by atoms with Gasteiger partial charge in [0.1, 0.15) is 23.9 Å². The van der Waals surface area contributed by atoms with Gasteiger partial charge in [-0.1, -0.05) is 17.7 Å². The number of aromatic carboxylic acids is 1. The first-order chi connectivity index (χ1) is 19.3. The molecule has 40 heavy (non-hydrogen) atoms. The fourth-order valence-electron chi connectivity index (χ4n) is 4.90. The number of benzene rings is 2. The van der Waals surface area contributed by atoms with Gasteiger partial charge in [0.25, 0.3) is 0 Å². The van der Waals surface area contributed by atoms with Crippen molar-refractivity contribution >= 4 is 34.2 Å². The molecule has 11 heteroatoms. The van der Waals surface area contributed by atoms with Crippen LogP contribution in [0, 0.1) is 11.6 Å². The smallest absolute Gasteiger partial charge is 0.335 e. The minimum Gasteiger partial charge on any atom is -0.484 e. The van der Waals surface area contributed by atoms with Gasteiger partial charge in [-0.15, -0.1) is 0 Å². The van der Waals surface area contributed by atoms with E-state index < -0.39 is 17.6 Å². The zero-order valence-electron chi connectivity index (χ0n) is 21.3. The number of ether oxygens (including phenoxy) is 2. The highest BCUT2D eigenvalue weighted by Crippen LogP contribution is 2.27. The highest BCUT2D eigenvalue weighted by molar-refractivity contribution is 6.30. The number of rotatable bonds is 9. The lowest BCUT2D eigenvalue weighted by Crippen LogP contribution is -2.32. The van der Waals surface area contributed by atoms with E-state index in [1.807, 2.05) is 10.6 Å². The molecule has 0 amide bonds. The minimum atomic E-state index is -0.995. The summed E-state index contributed by atoms with van der Waals surface area (Å²) in [7, 11) is 0. The summed E-state index contributed by atoms with van der Waals surface area (Å²) in [5, 5.41) is 9.73. The van der Waals surface area contributed by atoms with Crippen molar-refractivity contribution in [3.63, 3.8) is 0 Å². The molecular weight excluding hydrogens is 542 g/mol. The lowest BCUT2D eigenvalue weighted by Gasteiger charge is -2.28. The van der Waals surface area contributed by atoms with Gasteiger partial charge in [0.15, 0.2) is 11.6 Å². The third-order valence-corrected chi connectivity index (χ3v) is 7.32. The quantitative estimate of drug-likeness (QED) is 0.293. The van der Waals surface area contributed by atoms with Crippen LogP contribution in [-0.2, 0) is 24.4 Å². The monoisotopic (exact) mass is 566 g/mol. The second-order valence-electron chi connectivity index (χ2n) is 9.82. The Hall–Kier alpha value is -3.86. The van der Waals surface area contributed by atoms with Crippen LogP contribution in [0.5, 0.6) is 5.75 Å². The van der Waals surface area contributed by atoms with Gasteiger partial charge in [0, 0.05) is 24.7 Å². The maximum absolute atomic E-state index is 14.8. The van der Waals surface area contributed by atoms with Crippen LogP contribution in [0.1, 0.15) is 34.0 Å². The first-order valence-electron chi connectivity index (χ1n) is 12.8. The van der Waals surface area contributed by atoms with Crippen molar-refractivity contribution in [1.29, 1.82) is 0 Å². The van der Waals surface area contributed by atoms with Crippen molar-refractivity contribution in [2.45, 2.75) is 32.2 Å². The molecule has 1 saturated heterocycles. The van der Waals surface area contributed by atoms with E-state index in [0.717, 1.165) is 29.4 Å². The molecule has 0 bridgehead atoms. The van der Waals surface area contributed by atoms with Gasteiger partial charge in [-0.2, -0.15) is 0 Å². The van der Waals surface area contributed by atoms with Gasteiger partial charge in [0.2, 0.25) is 0 Å². The summed E-state index contributed by atoms with van der Waals surface area (Å²) in [4.78, 5) is 22.9. The summed E-state index contributed by atoms with van der Waals surface area (Å²) in [6.07, 6.45) is 2.92. The van der Waals surface area contributed by atoms with Gasteiger partial charge in [-0.05, 0) is 60.5 Å². The fourth-order valence-corrected chi connectivity index (χ4v) is 5.05. The number of carboxylic acid groups (broad SMARTS) is 1. The van der Waals surface area contributed by atoms with Crippen LogP contribution in [0.4, 0.5) is 8.78 Å². The summed E-state index contributed by atoms with van der Waals surface area (Å²) in [6, 6.07) is 11.9. The lowest BCUT2D eigenvalue weighted by atomic mass is 10.1. The number of carbonyl (C=O) groups is 1. The molecule has 6 rings (SSSR count). The first kappa shape index (κ1) is 26.4. The number of imidazole rings is 1. The number of halogens is 3. The Morgan fingerprint density at radius 3 is 2.73 bits per heavy atom. The zero-order valence-corrected chi connectivity index (χ0v) is 22.1. The number of hydrogen-bond donors (Lipinski definition) is 1. The Morgan fingerprint density at radius 1 is 1.12 bits per heavy atom. The Kier molecular flexibility index (Phi) is 7.22. The van der Waals surface area contributed by atoms with E-state index in [0.29, 0.717) is 44.0 Å². The molecule has 1 atom stereocenters. The topological polar surface area (TPSA) is 89.7 Å². The van der Waals surface area contributed by atoms with Gasteiger partial charge in [-0.25, -0.2) is 23.5 Å². The maximum Gasteiger partial charge on any atom is 0.335 e. The molecule has 2 aliphatic heterocycles. The molecule has 0 aliphatic carbocycles. The van der Waals surface area contributed by atoms with E-state index in [1.165, 1.54) is 24.3 Å². The SMILES string of the molecule is O=C(O)c1ccc2nc(CN3CC=C(c4nc(COc5ccc(Cl)cc5F)ccc4F)C3)n(C[C@@H]3CCO3)c2c1. The van der Waals surface area contributed by atoms with E-state index in [9.17, 15) is 18.7 Å². The number of carboxylic acids is 1. The van der Waals surface area contributed by atoms with Crippen molar-refractivity contribution in [1.82, 2.24) is 19.4 Å². The third kappa shape index (κ3) is 5.42. The molecule has 206 valence electrons. The maximum atomic E-state index is 14.8. The van der Waals surface area contributed by atoms with Crippen molar-refractivity contribution in [3.8, 4) is 5.75 Å². The van der Waals surface area contributed by atoms with Crippen LogP contribution in [0.15, 0.2) is 54.6 Å². The molecular formula is C29H25ClF2N4O4. The third-order valence-electron chi connectivity index (χ3n) is 7.09. The van der Waals surface area contributed by atoms with E-state index in [2.05, 4.69) is 9.88 Å². The summed E-state index contributed by atoms with van der Waals surface area (Å²) in [5.74, 6) is -1.22. The number of aromatic nitrogens is 3. The van der Waals surface area contributed by atoms with Crippen molar-refractivity contribution in [2.24, 2.45) is 0 Å². The van der Waals surface area contributed by atoms with Gasteiger partial charge >= 0.3 is 5.97 Å². The summed E-state index contributed by atoms with van der Waals surface area (Å²) < 4.78 is 42.1. The van der Waals surface area contributed by atoms with Crippen LogP contribution >= 0.6 is 11.6 Å². The van der Waals surface area contributed by atoms with Crippen LogP contribution in [0.2, 0.25) is 5.02 Å². The summed E-state index contributed by atoms with van der Waals surface area (Å²) in [6.45, 7) is 2.75. The normalized spacial score (nSPS) is 17.2. The van der Waals surface area contributed by atoms with E-state index in [1.54, 1.807) is 18.2 Å². The van der Waals surface area contributed by atoms with E-state index >= 15 is 0 Å². The van der Waals surface area contributed by atoms with Crippen LogP contribution in [-0.4, -0.2) is 56.3 Å². The van der Waals surface area contributed by atoms with Crippen LogP contribution in [0.3, 0.4) is 0 Å².